The van der Waals surface area contributed by atoms with Crippen LogP contribution in [0.2, 0.25) is 5.02 Å². The molecule has 0 aliphatic heterocycles. The summed E-state index contributed by atoms with van der Waals surface area (Å²) in [6, 6.07) is 3.80. The van der Waals surface area contributed by atoms with Gasteiger partial charge < -0.3 is 10.6 Å². The summed E-state index contributed by atoms with van der Waals surface area (Å²) >= 11 is 5.74. The van der Waals surface area contributed by atoms with Crippen molar-refractivity contribution in [3.63, 3.8) is 0 Å². The van der Waals surface area contributed by atoms with E-state index >= 15 is 0 Å². The Bertz CT molecular complexity index is 396. The summed E-state index contributed by atoms with van der Waals surface area (Å²) in [5, 5.41) is 5.58. The zero-order valence-electron chi connectivity index (χ0n) is 8.59. The predicted molar refractivity (Wildman–Crippen MR) is 63.1 cm³/mol. The van der Waals surface area contributed by atoms with E-state index in [1.54, 1.807) is 6.08 Å². The summed E-state index contributed by atoms with van der Waals surface area (Å²) in [4.78, 5) is 11.4. The van der Waals surface area contributed by atoms with Gasteiger partial charge in [-0.05, 0) is 18.2 Å². The Balaban J connectivity index is 2.52. The van der Waals surface area contributed by atoms with Crippen molar-refractivity contribution in [3.8, 4) is 0 Å². The fourth-order valence-corrected chi connectivity index (χ4v) is 1.29. The molecule has 0 unspecified atom stereocenters. The Hall–Kier alpha value is -1.39. The Labute approximate surface area is 98.3 Å². The summed E-state index contributed by atoms with van der Waals surface area (Å²) in [5.41, 5.74) is 0.397. The highest BCUT2D eigenvalue weighted by Gasteiger charge is 2.05. The number of benzene rings is 1. The summed E-state index contributed by atoms with van der Waals surface area (Å²) < 4.78 is 12.7. The third kappa shape index (κ3) is 4.00. The number of rotatable bonds is 5. The molecule has 5 heteroatoms. The first-order valence-corrected chi connectivity index (χ1v) is 5.08. The first-order valence-electron chi connectivity index (χ1n) is 4.70. The van der Waals surface area contributed by atoms with Crippen LogP contribution in [0.5, 0.6) is 0 Å². The van der Waals surface area contributed by atoms with Gasteiger partial charge in [-0.2, -0.15) is 0 Å². The van der Waals surface area contributed by atoms with Crippen molar-refractivity contribution >= 4 is 23.2 Å². The van der Waals surface area contributed by atoms with Crippen LogP contribution in [0.15, 0.2) is 30.9 Å². The van der Waals surface area contributed by atoms with Crippen LogP contribution >= 0.6 is 11.6 Å². The van der Waals surface area contributed by atoms with E-state index in [-0.39, 0.29) is 17.5 Å². The van der Waals surface area contributed by atoms with Crippen molar-refractivity contribution < 1.29 is 9.18 Å². The number of amides is 1. The Morgan fingerprint density at radius 2 is 2.31 bits per heavy atom. The van der Waals surface area contributed by atoms with Gasteiger partial charge in [-0.25, -0.2) is 4.39 Å². The number of hydrogen-bond donors (Lipinski definition) is 2. The summed E-state index contributed by atoms with van der Waals surface area (Å²) in [7, 11) is 0. The molecule has 16 heavy (non-hydrogen) atoms. The lowest BCUT2D eigenvalue weighted by atomic mass is 10.3. The van der Waals surface area contributed by atoms with Crippen LogP contribution in [0, 0.1) is 5.82 Å². The molecule has 3 nitrogen and oxygen atoms in total. The molecule has 1 aromatic rings. The highest BCUT2D eigenvalue weighted by Crippen LogP contribution is 2.21. The minimum Gasteiger partial charge on any atom is -0.324 e. The maximum absolute atomic E-state index is 12.7. The molecule has 0 saturated carbocycles. The first kappa shape index (κ1) is 12.7. The zero-order valence-corrected chi connectivity index (χ0v) is 9.35. The molecule has 0 saturated heterocycles. The van der Waals surface area contributed by atoms with Crippen molar-refractivity contribution in [3.05, 3.63) is 41.7 Å². The van der Waals surface area contributed by atoms with Gasteiger partial charge in [0.15, 0.2) is 0 Å². The molecule has 0 fully saturated rings. The number of halogens is 2. The molecule has 1 rings (SSSR count). The fourth-order valence-electron chi connectivity index (χ4n) is 1.07. The van der Waals surface area contributed by atoms with Crippen LogP contribution in [0.3, 0.4) is 0 Å². The van der Waals surface area contributed by atoms with E-state index in [1.165, 1.54) is 12.1 Å². The Morgan fingerprint density at radius 3 is 2.94 bits per heavy atom. The van der Waals surface area contributed by atoms with Gasteiger partial charge in [-0.1, -0.05) is 17.7 Å². The van der Waals surface area contributed by atoms with E-state index in [2.05, 4.69) is 17.2 Å². The fraction of sp³-hybridized carbons (Fsp3) is 0.182. The van der Waals surface area contributed by atoms with Gasteiger partial charge in [0.2, 0.25) is 5.91 Å². The molecule has 86 valence electrons. The molecule has 0 spiro atoms. The van der Waals surface area contributed by atoms with Gasteiger partial charge in [-0.3, -0.25) is 4.79 Å². The van der Waals surface area contributed by atoms with Crippen molar-refractivity contribution in [2.45, 2.75) is 0 Å². The summed E-state index contributed by atoms with van der Waals surface area (Å²) in [6.45, 7) is 4.21. The highest BCUT2D eigenvalue weighted by molar-refractivity contribution is 6.33. The van der Waals surface area contributed by atoms with Crippen molar-refractivity contribution in [2.75, 3.05) is 18.4 Å². The summed E-state index contributed by atoms with van der Waals surface area (Å²) in [6.07, 6.45) is 1.65. The molecule has 0 aliphatic carbocycles. The molecule has 0 radical (unpaired) electrons. The van der Waals surface area contributed by atoms with Crippen LogP contribution in [0.25, 0.3) is 0 Å². The van der Waals surface area contributed by atoms with Crippen LogP contribution in [0.4, 0.5) is 10.1 Å². The van der Waals surface area contributed by atoms with Gasteiger partial charge in [0.25, 0.3) is 0 Å². The maximum atomic E-state index is 12.7. The van der Waals surface area contributed by atoms with Crippen LogP contribution in [-0.4, -0.2) is 19.0 Å². The maximum Gasteiger partial charge on any atom is 0.238 e. The lowest BCUT2D eigenvalue weighted by molar-refractivity contribution is -0.115. The van der Waals surface area contributed by atoms with Crippen molar-refractivity contribution in [1.29, 1.82) is 0 Å². The number of hydrogen-bond acceptors (Lipinski definition) is 2. The zero-order chi connectivity index (χ0) is 12.0. The topological polar surface area (TPSA) is 41.1 Å². The second-order valence-electron chi connectivity index (χ2n) is 3.09. The normalized spacial score (nSPS) is 9.88. The van der Waals surface area contributed by atoms with Gasteiger partial charge in [0.1, 0.15) is 5.82 Å². The second-order valence-corrected chi connectivity index (χ2v) is 3.50. The van der Waals surface area contributed by atoms with E-state index in [0.29, 0.717) is 12.2 Å². The third-order valence-electron chi connectivity index (χ3n) is 1.78. The molecule has 1 amide bonds. The quantitative estimate of drug-likeness (QED) is 0.614. The van der Waals surface area contributed by atoms with E-state index in [9.17, 15) is 9.18 Å². The average molecular weight is 243 g/mol. The van der Waals surface area contributed by atoms with Gasteiger partial charge in [0.05, 0.1) is 17.3 Å². The lowest BCUT2D eigenvalue weighted by Gasteiger charge is -2.07. The number of carbonyl (C=O) groups is 1. The van der Waals surface area contributed by atoms with E-state index in [4.69, 9.17) is 11.6 Å². The second kappa shape index (κ2) is 6.25. The van der Waals surface area contributed by atoms with Crippen LogP contribution in [-0.2, 0) is 4.79 Å². The van der Waals surface area contributed by atoms with Crippen LogP contribution in [0.1, 0.15) is 0 Å². The van der Waals surface area contributed by atoms with Crippen LogP contribution < -0.4 is 10.6 Å². The first-order chi connectivity index (χ1) is 7.63. The molecule has 0 aliphatic rings. The molecule has 1 aromatic carbocycles. The molecule has 0 heterocycles. The van der Waals surface area contributed by atoms with Gasteiger partial charge >= 0.3 is 0 Å². The smallest absolute Gasteiger partial charge is 0.238 e. The Kier molecular flexibility index (Phi) is 4.95. The monoisotopic (exact) mass is 242 g/mol. The standard InChI is InChI=1S/C11H12ClFN2O/c1-2-5-14-7-11(16)15-10-4-3-8(13)6-9(10)12/h2-4,6,14H,1,5,7H2,(H,15,16). The van der Waals surface area contributed by atoms with Gasteiger partial charge in [-0.15, -0.1) is 6.58 Å². The van der Waals surface area contributed by atoms with E-state index < -0.39 is 5.82 Å². The molecular formula is C11H12ClFN2O. The number of anilines is 1. The largest absolute Gasteiger partial charge is 0.324 e. The lowest BCUT2D eigenvalue weighted by Crippen LogP contribution is -2.28. The molecule has 0 atom stereocenters. The number of carbonyl (C=O) groups excluding carboxylic acids is 1. The molecule has 0 bridgehead atoms. The van der Waals surface area contributed by atoms with Crippen molar-refractivity contribution in [1.82, 2.24) is 5.32 Å². The minimum absolute atomic E-state index is 0.153. The van der Waals surface area contributed by atoms with E-state index in [0.717, 1.165) is 6.07 Å². The highest BCUT2D eigenvalue weighted by atomic mass is 35.5. The third-order valence-corrected chi connectivity index (χ3v) is 2.09. The molecular weight excluding hydrogens is 231 g/mol. The van der Waals surface area contributed by atoms with Gasteiger partial charge in [0, 0.05) is 6.54 Å². The summed E-state index contributed by atoms with van der Waals surface area (Å²) in [5.74, 6) is -0.678. The Morgan fingerprint density at radius 1 is 1.56 bits per heavy atom. The average Bonchev–Trinajstić information content (AvgIpc) is 2.23. The molecule has 0 aromatic heterocycles. The number of nitrogens with one attached hydrogen (secondary N) is 2. The predicted octanol–water partition coefficient (Wildman–Crippen LogP) is 2.19. The molecule has 2 N–H and O–H groups in total. The minimum atomic E-state index is -0.437. The van der Waals surface area contributed by atoms with E-state index in [1.807, 2.05) is 0 Å². The van der Waals surface area contributed by atoms with Crippen molar-refractivity contribution in [2.24, 2.45) is 0 Å². The SMILES string of the molecule is C=CCNCC(=O)Nc1ccc(F)cc1Cl.